The SMILES string of the molecule is CCCCCCC(C)Oc1cccc(OC)c1N. The lowest BCUT2D eigenvalue weighted by atomic mass is 10.1. The van der Waals surface area contributed by atoms with E-state index >= 15 is 0 Å². The number of anilines is 1. The Labute approximate surface area is 110 Å². The standard InChI is InChI=1S/C15H25NO2/c1-4-5-6-7-9-12(2)18-14-11-8-10-13(17-3)15(14)16/h8,10-12H,4-7,9,16H2,1-3H3. The molecular formula is C15H25NO2. The van der Waals surface area contributed by atoms with Crippen molar-refractivity contribution in [1.82, 2.24) is 0 Å². The van der Waals surface area contributed by atoms with Gasteiger partial charge in [-0.15, -0.1) is 0 Å². The average Bonchev–Trinajstić information content (AvgIpc) is 2.37. The second kappa shape index (κ2) is 7.85. The average molecular weight is 251 g/mol. The first kappa shape index (κ1) is 14.7. The van der Waals surface area contributed by atoms with Gasteiger partial charge in [0.1, 0.15) is 17.2 Å². The van der Waals surface area contributed by atoms with Gasteiger partial charge in [-0.05, 0) is 31.9 Å². The molecule has 3 heteroatoms. The number of rotatable bonds is 8. The topological polar surface area (TPSA) is 44.5 Å². The molecule has 0 heterocycles. The molecule has 0 aliphatic carbocycles. The molecule has 3 nitrogen and oxygen atoms in total. The van der Waals surface area contributed by atoms with Crippen molar-refractivity contribution in [3.05, 3.63) is 18.2 Å². The first-order chi connectivity index (χ1) is 8.69. The first-order valence-corrected chi connectivity index (χ1v) is 6.78. The minimum absolute atomic E-state index is 0.191. The molecule has 0 aromatic heterocycles. The largest absolute Gasteiger partial charge is 0.494 e. The van der Waals surface area contributed by atoms with Gasteiger partial charge in [-0.3, -0.25) is 0 Å². The molecule has 2 N–H and O–H groups in total. The molecule has 0 aliphatic heterocycles. The second-order valence-electron chi connectivity index (χ2n) is 4.65. The fraction of sp³-hybridized carbons (Fsp3) is 0.600. The maximum absolute atomic E-state index is 5.97. The van der Waals surface area contributed by atoms with E-state index in [2.05, 4.69) is 13.8 Å². The summed E-state index contributed by atoms with van der Waals surface area (Å²) in [5.74, 6) is 1.39. The van der Waals surface area contributed by atoms with Crippen LogP contribution in [0.5, 0.6) is 11.5 Å². The van der Waals surface area contributed by atoms with Gasteiger partial charge in [-0.2, -0.15) is 0 Å². The van der Waals surface area contributed by atoms with Crippen molar-refractivity contribution in [3.8, 4) is 11.5 Å². The van der Waals surface area contributed by atoms with Gasteiger partial charge in [0.15, 0.2) is 0 Å². The minimum Gasteiger partial charge on any atom is -0.494 e. The molecule has 1 aromatic carbocycles. The summed E-state index contributed by atoms with van der Waals surface area (Å²) in [6, 6.07) is 5.63. The van der Waals surface area contributed by atoms with Crippen LogP contribution in [0.25, 0.3) is 0 Å². The Balaban J connectivity index is 2.46. The fourth-order valence-electron chi connectivity index (χ4n) is 1.94. The lowest BCUT2D eigenvalue weighted by Crippen LogP contribution is -2.12. The van der Waals surface area contributed by atoms with Crippen LogP contribution in [0.1, 0.15) is 46.0 Å². The molecule has 0 saturated heterocycles. The van der Waals surface area contributed by atoms with E-state index in [0.29, 0.717) is 11.4 Å². The van der Waals surface area contributed by atoms with E-state index in [-0.39, 0.29) is 6.10 Å². The Morgan fingerprint density at radius 1 is 1.17 bits per heavy atom. The van der Waals surface area contributed by atoms with Crippen molar-refractivity contribution >= 4 is 5.69 Å². The van der Waals surface area contributed by atoms with Crippen LogP contribution in [0.3, 0.4) is 0 Å². The third-order valence-electron chi connectivity index (χ3n) is 3.04. The van der Waals surface area contributed by atoms with Gasteiger partial charge in [0, 0.05) is 0 Å². The maximum atomic E-state index is 5.97. The lowest BCUT2D eigenvalue weighted by molar-refractivity contribution is 0.207. The zero-order chi connectivity index (χ0) is 13.4. The van der Waals surface area contributed by atoms with Gasteiger partial charge < -0.3 is 15.2 Å². The Kier molecular flexibility index (Phi) is 6.40. The van der Waals surface area contributed by atoms with Crippen molar-refractivity contribution in [2.24, 2.45) is 0 Å². The lowest BCUT2D eigenvalue weighted by Gasteiger charge is -2.17. The molecule has 102 valence electrons. The van der Waals surface area contributed by atoms with E-state index in [1.807, 2.05) is 18.2 Å². The summed E-state index contributed by atoms with van der Waals surface area (Å²) >= 11 is 0. The van der Waals surface area contributed by atoms with E-state index in [0.717, 1.165) is 12.2 Å². The van der Waals surface area contributed by atoms with Gasteiger partial charge in [0.2, 0.25) is 0 Å². The first-order valence-electron chi connectivity index (χ1n) is 6.78. The van der Waals surface area contributed by atoms with Crippen molar-refractivity contribution < 1.29 is 9.47 Å². The highest BCUT2D eigenvalue weighted by atomic mass is 16.5. The second-order valence-corrected chi connectivity index (χ2v) is 4.65. The molecule has 0 radical (unpaired) electrons. The highest BCUT2D eigenvalue weighted by Crippen LogP contribution is 2.32. The minimum atomic E-state index is 0.191. The number of benzene rings is 1. The van der Waals surface area contributed by atoms with Crippen LogP contribution in [0.4, 0.5) is 5.69 Å². The predicted octanol–water partition coefficient (Wildman–Crippen LogP) is 4.02. The molecule has 0 aliphatic rings. The third-order valence-corrected chi connectivity index (χ3v) is 3.04. The van der Waals surface area contributed by atoms with Gasteiger partial charge >= 0.3 is 0 Å². The summed E-state index contributed by atoms with van der Waals surface area (Å²) in [6.07, 6.45) is 6.30. The Morgan fingerprint density at radius 3 is 2.56 bits per heavy atom. The van der Waals surface area contributed by atoms with Crippen LogP contribution in [0.15, 0.2) is 18.2 Å². The molecule has 1 aromatic rings. The van der Waals surface area contributed by atoms with Crippen LogP contribution < -0.4 is 15.2 Å². The van der Waals surface area contributed by atoms with Crippen LogP contribution in [0.2, 0.25) is 0 Å². The van der Waals surface area contributed by atoms with Crippen molar-refractivity contribution in [1.29, 1.82) is 0 Å². The van der Waals surface area contributed by atoms with E-state index in [9.17, 15) is 0 Å². The number of hydrogen-bond donors (Lipinski definition) is 1. The molecule has 0 spiro atoms. The fourth-order valence-corrected chi connectivity index (χ4v) is 1.94. The summed E-state index contributed by atoms with van der Waals surface area (Å²) in [6.45, 7) is 4.31. The molecule has 0 bridgehead atoms. The van der Waals surface area contributed by atoms with Crippen LogP contribution >= 0.6 is 0 Å². The predicted molar refractivity (Wildman–Crippen MR) is 76.3 cm³/mol. The number of unbranched alkanes of at least 4 members (excludes halogenated alkanes) is 3. The van der Waals surface area contributed by atoms with Crippen molar-refractivity contribution in [2.45, 2.75) is 52.1 Å². The number of hydrogen-bond acceptors (Lipinski definition) is 3. The van der Waals surface area contributed by atoms with Gasteiger partial charge in [-0.25, -0.2) is 0 Å². The quantitative estimate of drug-likeness (QED) is 0.560. The summed E-state index contributed by atoms with van der Waals surface area (Å²) in [7, 11) is 1.61. The van der Waals surface area contributed by atoms with E-state index in [4.69, 9.17) is 15.2 Å². The van der Waals surface area contributed by atoms with E-state index in [1.54, 1.807) is 7.11 Å². The van der Waals surface area contributed by atoms with Gasteiger partial charge in [-0.1, -0.05) is 32.3 Å². The maximum Gasteiger partial charge on any atom is 0.146 e. The Hall–Kier alpha value is -1.38. The molecule has 1 atom stereocenters. The zero-order valence-electron chi connectivity index (χ0n) is 11.7. The molecule has 0 amide bonds. The van der Waals surface area contributed by atoms with Crippen LogP contribution in [-0.4, -0.2) is 13.2 Å². The molecule has 0 fully saturated rings. The normalized spacial score (nSPS) is 12.2. The number of nitrogens with two attached hydrogens (primary N) is 1. The third kappa shape index (κ3) is 4.47. The van der Waals surface area contributed by atoms with Crippen LogP contribution in [-0.2, 0) is 0 Å². The van der Waals surface area contributed by atoms with Gasteiger partial charge in [0.05, 0.1) is 13.2 Å². The van der Waals surface area contributed by atoms with Crippen molar-refractivity contribution in [2.75, 3.05) is 12.8 Å². The molecule has 1 unspecified atom stereocenters. The Bertz CT molecular complexity index is 352. The highest BCUT2D eigenvalue weighted by molar-refractivity contribution is 5.62. The summed E-state index contributed by atoms with van der Waals surface area (Å²) in [5, 5.41) is 0. The molecule has 0 saturated carbocycles. The van der Waals surface area contributed by atoms with E-state index in [1.165, 1.54) is 25.7 Å². The zero-order valence-corrected chi connectivity index (χ0v) is 11.7. The number of methoxy groups -OCH3 is 1. The smallest absolute Gasteiger partial charge is 0.146 e. The number of nitrogen functional groups attached to an aromatic ring is 1. The monoisotopic (exact) mass is 251 g/mol. The van der Waals surface area contributed by atoms with Crippen molar-refractivity contribution in [3.63, 3.8) is 0 Å². The Morgan fingerprint density at radius 2 is 1.89 bits per heavy atom. The number of para-hydroxylation sites is 1. The number of ether oxygens (including phenoxy) is 2. The highest BCUT2D eigenvalue weighted by Gasteiger charge is 2.09. The summed E-state index contributed by atoms with van der Waals surface area (Å²) < 4.78 is 11.0. The molecular weight excluding hydrogens is 226 g/mol. The molecule has 1 rings (SSSR count). The van der Waals surface area contributed by atoms with E-state index < -0.39 is 0 Å². The summed E-state index contributed by atoms with van der Waals surface area (Å²) in [5.41, 5.74) is 6.55. The van der Waals surface area contributed by atoms with Crippen LogP contribution in [0, 0.1) is 0 Å². The summed E-state index contributed by atoms with van der Waals surface area (Å²) in [4.78, 5) is 0. The molecule has 18 heavy (non-hydrogen) atoms. The van der Waals surface area contributed by atoms with Gasteiger partial charge in [0.25, 0.3) is 0 Å².